The van der Waals surface area contributed by atoms with E-state index in [4.69, 9.17) is 29.6 Å². The molecule has 0 aliphatic rings. The predicted molar refractivity (Wildman–Crippen MR) is 83.8 cm³/mol. The van der Waals surface area contributed by atoms with Crippen LogP contribution in [0.15, 0.2) is 42.5 Å². The molecule has 2 rings (SSSR count). The minimum Gasteiger partial charge on any atom is -0.388 e. The number of halogens is 1. The first-order valence-corrected chi connectivity index (χ1v) is 6.69. The molecule has 3 nitrogen and oxygen atoms in total. The van der Waals surface area contributed by atoms with Crippen LogP contribution in [0.5, 0.6) is 0 Å². The first kappa shape index (κ1) is 13.8. The molecular weight excluding hydrogens is 278 g/mol. The molecule has 0 saturated heterocycles. The Morgan fingerprint density at radius 1 is 1.21 bits per heavy atom. The summed E-state index contributed by atoms with van der Waals surface area (Å²) in [4.78, 5) is 4.63. The Bertz CT molecular complexity index is 569. The standard InChI is InChI=1S/C14H14ClN3S/c15-11-6-4-10(5-7-11)8-9-17-13-3-1-2-12(18-13)14(16)19/h1-7H,8-9H2,(H2,16,19)(H,17,18). The van der Waals surface area contributed by atoms with Crippen LogP contribution in [0, 0.1) is 0 Å². The van der Waals surface area contributed by atoms with E-state index in [2.05, 4.69) is 10.3 Å². The first-order valence-electron chi connectivity index (χ1n) is 5.90. The molecule has 0 bridgehead atoms. The molecule has 1 aromatic heterocycles. The van der Waals surface area contributed by atoms with Gasteiger partial charge in [-0.15, -0.1) is 0 Å². The second-order valence-electron chi connectivity index (χ2n) is 4.08. The lowest BCUT2D eigenvalue weighted by atomic mass is 10.1. The summed E-state index contributed by atoms with van der Waals surface area (Å²) in [6.07, 6.45) is 0.899. The Kier molecular flexibility index (Phi) is 4.71. The highest BCUT2D eigenvalue weighted by molar-refractivity contribution is 7.80. The van der Waals surface area contributed by atoms with Gasteiger partial charge in [0.25, 0.3) is 0 Å². The molecule has 0 amide bonds. The minimum absolute atomic E-state index is 0.307. The van der Waals surface area contributed by atoms with Gasteiger partial charge < -0.3 is 11.1 Å². The van der Waals surface area contributed by atoms with Crippen molar-refractivity contribution in [2.75, 3.05) is 11.9 Å². The van der Waals surface area contributed by atoms with Crippen molar-refractivity contribution >= 4 is 34.6 Å². The molecule has 0 fully saturated rings. The Morgan fingerprint density at radius 2 is 1.95 bits per heavy atom. The molecule has 0 spiro atoms. The second kappa shape index (κ2) is 6.50. The summed E-state index contributed by atoms with van der Waals surface area (Å²) in [6, 6.07) is 13.4. The molecular formula is C14H14ClN3S. The third-order valence-electron chi connectivity index (χ3n) is 2.63. The van der Waals surface area contributed by atoms with Crippen LogP contribution in [-0.2, 0) is 6.42 Å². The van der Waals surface area contributed by atoms with Gasteiger partial charge in [-0.2, -0.15) is 0 Å². The molecule has 3 N–H and O–H groups in total. The van der Waals surface area contributed by atoms with Crippen LogP contribution in [0.25, 0.3) is 0 Å². The van der Waals surface area contributed by atoms with Gasteiger partial charge in [-0.05, 0) is 36.2 Å². The molecule has 2 aromatic rings. The lowest BCUT2D eigenvalue weighted by Crippen LogP contribution is -2.13. The SMILES string of the molecule is NC(=S)c1cccc(NCCc2ccc(Cl)cc2)n1. The number of nitrogens with zero attached hydrogens (tertiary/aromatic N) is 1. The van der Waals surface area contributed by atoms with Gasteiger partial charge in [-0.25, -0.2) is 4.98 Å². The summed E-state index contributed by atoms with van der Waals surface area (Å²) in [5, 5.41) is 4.00. The lowest BCUT2D eigenvalue weighted by Gasteiger charge is -2.07. The highest BCUT2D eigenvalue weighted by Gasteiger charge is 2.00. The number of anilines is 1. The highest BCUT2D eigenvalue weighted by atomic mass is 35.5. The van der Waals surface area contributed by atoms with Crippen molar-refractivity contribution in [2.24, 2.45) is 5.73 Å². The van der Waals surface area contributed by atoms with Gasteiger partial charge in [-0.1, -0.05) is 42.0 Å². The highest BCUT2D eigenvalue weighted by Crippen LogP contribution is 2.10. The average Bonchev–Trinajstić information content (AvgIpc) is 2.41. The van der Waals surface area contributed by atoms with Crippen LogP contribution in [0.1, 0.15) is 11.3 Å². The molecule has 0 atom stereocenters. The predicted octanol–water partition coefficient (Wildman–Crippen LogP) is 3.02. The van der Waals surface area contributed by atoms with E-state index in [-0.39, 0.29) is 0 Å². The Balaban J connectivity index is 1.90. The normalized spacial score (nSPS) is 10.2. The van der Waals surface area contributed by atoms with Crippen LogP contribution >= 0.6 is 23.8 Å². The quantitative estimate of drug-likeness (QED) is 0.832. The van der Waals surface area contributed by atoms with Gasteiger partial charge in [0.05, 0.1) is 5.69 Å². The van der Waals surface area contributed by atoms with Crippen molar-refractivity contribution < 1.29 is 0 Å². The number of nitrogens with one attached hydrogen (secondary N) is 1. The fourth-order valence-corrected chi connectivity index (χ4v) is 1.90. The Labute approximate surface area is 122 Å². The molecule has 0 saturated carbocycles. The van der Waals surface area contributed by atoms with Crippen molar-refractivity contribution in [3.05, 3.63) is 58.7 Å². The number of hydrogen-bond donors (Lipinski definition) is 2. The van der Waals surface area contributed by atoms with Gasteiger partial charge in [0.15, 0.2) is 0 Å². The zero-order chi connectivity index (χ0) is 13.7. The van der Waals surface area contributed by atoms with E-state index >= 15 is 0 Å². The van der Waals surface area contributed by atoms with Gasteiger partial charge in [-0.3, -0.25) is 0 Å². The summed E-state index contributed by atoms with van der Waals surface area (Å²) in [5.41, 5.74) is 7.40. The number of benzene rings is 1. The van der Waals surface area contributed by atoms with Crippen molar-refractivity contribution in [1.29, 1.82) is 0 Å². The second-order valence-corrected chi connectivity index (χ2v) is 4.95. The lowest BCUT2D eigenvalue weighted by molar-refractivity contribution is 1.01. The van der Waals surface area contributed by atoms with Crippen molar-refractivity contribution in [3.63, 3.8) is 0 Å². The maximum absolute atomic E-state index is 5.84. The largest absolute Gasteiger partial charge is 0.388 e. The third-order valence-corrected chi connectivity index (χ3v) is 3.10. The van der Waals surface area contributed by atoms with E-state index in [0.29, 0.717) is 10.7 Å². The fraction of sp³-hybridized carbons (Fsp3) is 0.143. The minimum atomic E-state index is 0.307. The number of nitrogens with two attached hydrogens (primary N) is 1. The number of aromatic nitrogens is 1. The van der Waals surface area contributed by atoms with Gasteiger partial charge in [0.2, 0.25) is 0 Å². The monoisotopic (exact) mass is 291 g/mol. The van der Waals surface area contributed by atoms with E-state index in [1.54, 1.807) is 6.07 Å². The summed E-state index contributed by atoms with van der Waals surface area (Å²) in [6.45, 7) is 0.787. The van der Waals surface area contributed by atoms with Crippen molar-refractivity contribution in [1.82, 2.24) is 4.98 Å². The molecule has 1 aromatic carbocycles. The summed E-state index contributed by atoms with van der Waals surface area (Å²) in [5.74, 6) is 0.777. The molecule has 98 valence electrons. The first-order chi connectivity index (χ1) is 9.15. The van der Waals surface area contributed by atoms with Crippen LogP contribution in [0.3, 0.4) is 0 Å². The van der Waals surface area contributed by atoms with Gasteiger partial charge in [0.1, 0.15) is 10.8 Å². The molecule has 0 unspecified atom stereocenters. The topological polar surface area (TPSA) is 50.9 Å². The fourth-order valence-electron chi connectivity index (χ4n) is 1.66. The van der Waals surface area contributed by atoms with Crippen LogP contribution < -0.4 is 11.1 Å². The maximum Gasteiger partial charge on any atom is 0.126 e. The third kappa shape index (κ3) is 4.19. The van der Waals surface area contributed by atoms with E-state index in [0.717, 1.165) is 23.8 Å². The smallest absolute Gasteiger partial charge is 0.126 e. The molecule has 1 heterocycles. The van der Waals surface area contributed by atoms with E-state index in [9.17, 15) is 0 Å². The zero-order valence-corrected chi connectivity index (χ0v) is 11.8. The number of pyridine rings is 1. The van der Waals surface area contributed by atoms with Crippen LogP contribution in [0.4, 0.5) is 5.82 Å². The van der Waals surface area contributed by atoms with E-state index in [1.807, 2.05) is 36.4 Å². The molecule has 5 heteroatoms. The van der Waals surface area contributed by atoms with Gasteiger partial charge in [0, 0.05) is 11.6 Å². The van der Waals surface area contributed by atoms with Crippen molar-refractivity contribution in [2.45, 2.75) is 6.42 Å². The summed E-state index contributed by atoms with van der Waals surface area (Å²) in [7, 11) is 0. The Hall–Kier alpha value is -1.65. The summed E-state index contributed by atoms with van der Waals surface area (Å²) >= 11 is 10.7. The molecule has 19 heavy (non-hydrogen) atoms. The summed E-state index contributed by atoms with van der Waals surface area (Å²) < 4.78 is 0. The molecule has 0 radical (unpaired) electrons. The van der Waals surface area contributed by atoms with Gasteiger partial charge >= 0.3 is 0 Å². The van der Waals surface area contributed by atoms with Crippen LogP contribution in [0.2, 0.25) is 5.02 Å². The number of rotatable bonds is 5. The zero-order valence-electron chi connectivity index (χ0n) is 10.3. The van der Waals surface area contributed by atoms with E-state index < -0.39 is 0 Å². The van der Waals surface area contributed by atoms with Crippen LogP contribution in [-0.4, -0.2) is 16.5 Å². The Morgan fingerprint density at radius 3 is 2.63 bits per heavy atom. The molecule has 0 aliphatic carbocycles. The number of hydrogen-bond acceptors (Lipinski definition) is 3. The van der Waals surface area contributed by atoms with Crippen molar-refractivity contribution in [3.8, 4) is 0 Å². The van der Waals surface area contributed by atoms with E-state index in [1.165, 1.54) is 5.56 Å². The maximum atomic E-state index is 5.84. The average molecular weight is 292 g/mol. The molecule has 0 aliphatic heterocycles. The number of thiocarbonyl (C=S) groups is 1.